The van der Waals surface area contributed by atoms with E-state index in [0.29, 0.717) is 5.92 Å². The molecule has 1 aromatic rings. The molecule has 0 spiro atoms. The monoisotopic (exact) mass is 194 g/mol. The van der Waals surface area contributed by atoms with Crippen LogP contribution in [0.3, 0.4) is 0 Å². The molecule has 2 heterocycles. The Hall–Kier alpha value is -1.03. The fraction of sp³-hybridized carbons (Fsp3) is 0.700. The van der Waals surface area contributed by atoms with Crippen LogP contribution in [0.15, 0.2) is 6.20 Å². The molecule has 14 heavy (non-hydrogen) atoms. The molecule has 2 rings (SSSR count). The van der Waals surface area contributed by atoms with Crippen LogP contribution in [0.1, 0.15) is 12.1 Å². The second kappa shape index (κ2) is 3.61. The zero-order chi connectivity index (χ0) is 10.1. The highest BCUT2D eigenvalue weighted by molar-refractivity contribution is 5.32. The van der Waals surface area contributed by atoms with Gasteiger partial charge in [-0.2, -0.15) is 0 Å². The van der Waals surface area contributed by atoms with E-state index in [4.69, 9.17) is 5.73 Å². The molecule has 0 fully saturated rings. The predicted octanol–water partition coefficient (Wildman–Crippen LogP) is 0.470. The van der Waals surface area contributed by atoms with Crippen LogP contribution in [-0.2, 0) is 13.0 Å². The van der Waals surface area contributed by atoms with Crippen molar-refractivity contribution in [2.45, 2.75) is 19.4 Å². The average molecular weight is 194 g/mol. The summed E-state index contributed by atoms with van der Waals surface area (Å²) in [6.45, 7) is 1.85. The van der Waals surface area contributed by atoms with E-state index in [1.807, 2.05) is 20.3 Å². The topological polar surface area (TPSA) is 47.1 Å². The van der Waals surface area contributed by atoms with Crippen LogP contribution in [0.25, 0.3) is 0 Å². The third-order valence-electron chi connectivity index (χ3n) is 2.91. The predicted molar refractivity (Wildman–Crippen MR) is 57.4 cm³/mol. The van der Waals surface area contributed by atoms with Gasteiger partial charge in [-0.1, -0.05) is 0 Å². The molecule has 0 radical (unpaired) electrons. The Balaban J connectivity index is 2.25. The molecule has 1 atom stereocenters. The number of hydrogen-bond acceptors (Lipinski definition) is 3. The zero-order valence-electron chi connectivity index (χ0n) is 8.90. The van der Waals surface area contributed by atoms with Crippen molar-refractivity contribution < 1.29 is 0 Å². The molecule has 0 bridgehead atoms. The zero-order valence-corrected chi connectivity index (χ0v) is 8.90. The van der Waals surface area contributed by atoms with Crippen LogP contribution in [0.4, 0.5) is 5.95 Å². The summed E-state index contributed by atoms with van der Waals surface area (Å²) in [5.74, 6) is 1.71. The van der Waals surface area contributed by atoms with Crippen molar-refractivity contribution in [2.24, 2.45) is 11.7 Å². The van der Waals surface area contributed by atoms with Crippen molar-refractivity contribution in [3.05, 3.63) is 11.9 Å². The molecule has 1 unspecified atom stereocenters. The molecule has 0 saturated heterocycles. The first-order valence-corrected chi connectivity index (χ1v) is 5.14. The van der Waals surface area contributed by atoms with E-state index in [9.17, 15) is 0 Å². The fourth-order valence-electron chi connectivity index (χ4n) is 2.07. The molecule has 0 aromatic carbocycles. The Morgan fingerprint density at radius 1 is 1.64 bits per heavy atom. The van der Waals surface area contributed by atoms with Gasteiger partial charge in [-0.05, 0) is 25.3 Å². The molecular formula is C10H18N4. The smallest absolute Gasteiger partial charge is 0.205 e. The van der Waals surface area contributed by atoms with E-state index in [1.54, 1.807) is 0 Å². The van der Waals surface area contributed by atoms with Gasteiger partial charge >= 0.3 is 0 Å². The summed E-state index contributed by atoms with van der Waals surface area (Å²) in [5, 5.41) is 0. The van der Waals surface area contributed by atoms with Crippen molar-refractivity contribution in [2.75, 3.05) is 25.5 Å². The second-order valence-corrected chi connectivity index (χ2v) is 4.19. The molecule has 0 aliphatic carbocycles. The normalized spacial score (nSPS) is 20.6. The Bertz CT molecular complexity index is 316. The quantitative estimate of drug-likeness (QED) is 0.744. The van der Waals surface area contributed by atoms with Gasteiger partial charge in [0.2, 0.25) is 5.95 Å². The van der Waals surface area contributed by atoms with Crippen LogP contribution < -0.4 is 10.6 Å². The summed E-state index contributed by atoms with van der Waals surface area (Å²) in [6.07, 6.45) is 4.25. The molecule has 4 nitrogen and oxygen atoms in total. The molecule has 4 heteroatoms. The molecule has 1 aliphatic heterocycles. The summed E-state index contributed by atoms with van der Waals surface area (Å²) in [4.78, 5) is 6.48. The summed E-state index contributed by atoms with van der Waals surface area (Å²) in [5.41, 5.74) is 7.02. The molecule has 1 aliphatic rings. The number of aromatic nitrogens is 2. The Kier molecular flexibility index (Phi) is 2.46. The average Bonchev–Trinajstić information content (AvgIpc) is 2.59. The lowest BCUT2D eigenvalue weighted by molar-refractivity contribution is 0.397. The van der Waals surface area contributed by atoms with Crippen molar-refractivity contribution >= 4 is 5.95 Å². The van der Waals surface area contributed by atoms with Crippen molar-refractivity contribution in [1.29, 1.82) is 0 Å². The van der Waals surface area contributed by atoms with E-state index >= 15 is 0 Å². The van der Waals surface area contributed by atoms with Gasteiger partial charge in [0.1, 0.15) is 0 Å². The number of anilines is 1. The maximum absolute atomic E-state index is 5.69. The van der Waals surface area contributed by atoms with E-state index in [2.05, 4.69) is 14.5 Å². The molecule has 1 aromatic heterocycles. The van der Waals surface area contributed by atoms with Crippen molar-refractivity contribution in [3.63, 3.8) is 0 Å². The van der Waals surface area contributed by atoms with E-state index < -0.39 is 0 Å². The van der Waals surface area contributed by atoms with Gasteiger partial charge < -0.3 is 15.2 Å². The lowest BCUT2D eigenvalue weighted by atomic mass is 9.97. The number of hydrogen-bond donors (Lipinski definition) is 1. The number of imidazole rings is 1. The number of fused-ring (bicyclic) bond motifs is 1. The van der Waals surface area contributed by atoms with Gasteiger partial charge in [-0.25, -0.2) is 4.98 Å². The van der Waals surface area contributed by atoms with Gasteiger partial charge in [-0.15, -0.1) is 0 Å². The minimum absolute atomic E-state index is 0.647. The number of nitrogens with two attached hydrogens (primary N) is 1. The lowest BCUT2D eigenvalue weighted by Gasteiger charge is -2.25. The molecule has 2 N–H and O–H groups in total. The van der Waals surface area contributed by atoms with Crippen molar-refractivity contribution in [1.82, 2.24) is 9.55 Å². The fourth-order valence-corrected chi connectivity index (χ4v) is 2.07. The largest absolute Gasteiger partial charge is 0.348 e. The first-order chi connectivity index (χ1) is 6.72. The summed E-state index contributed by atoms with van der Waals surface area (Å²) in [7, 11) is 4.06. The summed E-state index contributed by atoms with van der Waals surface area (Å²) in [6, 6.07) is 0. The first-order valence-electron chi connectivity index (χ1n) is 5.14. The highest BCUT2D eigenvalue weighted by Gasteiger charge is 2.20. The first kappa shape index (κ1) is 9.52. The van der Waals surface area contributed by atoms with Gasteiger partial charge in [0, 0.05) is 26.3 Å². The van der Waals surface area contributed by atoms with Crippen LogP contribution in [-0.4, -0.2) is 30.2 Å². The number of rotatable bonds is 2. The van der Waals surface area contributed by atoms with Crippen LogP contribution in [0.2, 0.25) is 0 Å². The minimum atomic E-state index is 0.647. The summed E-state index contributed by atoms with van der Waals surface area (Å²) < 4.78 is 2.30. The summed E-state index contributed by atoms with van der Waals surface area (Å²) >= 11 is 0. The molecule has 0 saturated carbocycles. The van der Waals surface area contributed by atoms with Crippen LogP contribution in [0.5, 0.6) is 0 Å². The third-order valence-corrected chi connectivity index (χ3v) is 2.91. The third kappa shape index (κ3) is 1.50. The van der Waals surface area contributed by atoms with Gasteiger partial charge in [0.05, 0.1) is 6.20 Å². The second-order valence-electron chi connectivity index (χ2n) is 4.19. The standard InChI is InChI=1S/C10H18N4/c1-13(2)10-12-7-9-5-8(6-11)3-4-14(9)10/h7-8H,3-6,11H2,1-2H3. The minimum Gasteiger partial charge on any atom is -0.348 e. The van der Waals surface area contributed by atoms with Gasteiger partial charge in [0.25, 0.3) is 0 Å². The van der Waals surface area contributed by atoms with Crippen LogP contribution >= 0.6 is 0 Å². The Morgan fingerprint density at radius 3 is 3.07 bits per heavy atom. The molecule has 0 amide bonds. The number of nitrogens with zero attached hydrogens (tertiary/aromatic N) is 3. The van der Waals surface area contributed by atoms with Gasteiger partial charge in [0.15, 0.2) is 0 Å². The maximum Gasteiger partial charge on any atom is 0.205 e. The lowest BCUT2D eigenvalue weighted by Crippen LogP contribution is -2.26. The highest BCUT2D eigenvalue weighted by Crippen LogP contribution is 2.24. The Labute approximate surface area is 84.7 Å². The van der Waals surface area contributed by atoms with E-state index in [-0.39, 0.29) is 0 Å². The highest BCUT2D eigenvalue weighted by atomic mass is 15.3. The Morgan fingerprint density at radius 2 is 2.43 bits per heavy atom. The van der Waals surface area contributed by atoms with E-state index in [1.165, 1.54) is 12.1 Å². The molecule has 78 valence electrons. The van der Waals surface area contributed by atoms with Crippen molar-refractivity contribution in [3.8, 4) is 0 Å². The maximum atomic E-state index is 5.69. The SMILES string of the molecule is CN(C)c1ncc2n1CCC(CN)C2. The van der Waals surface area contributed by atoms with Crippen LogP contribution in [0, 0.1) is 5.92 Å². The van der Waals surface area contributed by atoms with E-state index in [0.717, 1.165) is 25.5 Å². The van der Waals surface area contributed by atoms with Gasteiger partial charge in [-0.3, -0.25) is 0 Å². The molecular weight excluding hydrogens is 176 g/mol.